The zero-order chi connectivity index (χ0) is 17.5. The molecule has 0 atom stereocenters. The molecule has 1 aromatic rings. The molecule has 1 saturated heterocycles. The van der Waals surface area contributed by atoms with Crippen LogP contribution >= 0.6 is 35.5 Å². The minimum Gasteiger partial charge on any atom is -0.377 e. The SMILES string of the molecule is CCc1nsc(N2CCN(C(=NC)NCCC3=CCOCC3)CC2)n1.I. The lowest BCUT2D eigenvalue weighted by atomic mass is 10.1. The first-order chi connectivity index (χ1) is 12.3. The van der Waals surface area contributed by atoms with Crippen molar-refractivity contribution in [1.82, 2.24) is 19.6 Å². The smallest absolute Gasteiger partial charge is 0.205 e. The zero-order valence-electron chi connectivity index (χ0n) is 15.6. The molecule has 0 aromatic carbocycles. The Morgan fingerprint density at radius 1 is 1.35 bits per heavy atom. The predicted octanol–water partition coefficient (Wildman–Crippen LogP) is 2.15. The molecule has 2 aliphatic heterocycles. The van der Waals surface area contributed by atoms with E-state index in [2.05, 4.69) is 42.5 Å². The Bertz CT molecular complexity index is 612. The van der Waals surface area contributed by atoms with E-state index in [0.29, 0.717) is 0 Å². The van der Waals surface area contributed by atoms with Crippen LogP contribution in [-0.4, -0.2) is 73.2 Å². The third-order valence-corrected chi connectivity index (χ3v) is 5.44. The van der Waals surface area contributed by atoms with E-state index in [-0.39, 0.29) is 24.0 Å². The summed E-state index contributed by atoms with van der Waals surface area (Å²) < 4.78 is 9.75. The molecule has 0 aliphatic carbocycles. The fourth-order valence-corrected chi connectivity index (χ4v) is 3.89. The average Bonchev–Trinajstić information content (AvgIpc) is 3.16. The topological polar surface area (TPSA) is 65.9 Å². The molecule has 146 valence electrons. The van der Waals surface area contributed by atoms with Crippen LogP contribution in [0.2, 0.25) is 0 Å². The molecule has 0 amide bonds. The molecule has 1 fully saturated rings. The quantitative estimate of drug-likeness (QED) is 0.294. The normalized spacial score (nSPS) is 18.4. The lowest BCUT2D eigenvalue weighted by Crippen LogP contribution is -2.52. The number of rotatable bonds is 5. The van der Waals surface area contributed by atoms with Gasteiger partial charge in [-0.3, -0.25) is 4.99 Å². The number of anilines is 1. The number of aliphatic imine (C=N–C) groups is 1. The second kappa shape index (κ2) is 11.0. The highest BCUT2D eigenvalue weighted by Gasteiger charge is 2.21. The van der Waals surface area contributed by atoms with Crippen LogP contribution in [0.5, 0.6) is 0 Å². The van der Waals surface area contributed by atoms with Crippen LogP contribution in [0.4, 0.5) is 5.13 Å². The van der Waals surface area contributed by atoms with Crippen molar-refractivity contribution in [3.05, 3.63) is 17.5 Å². The molecule has 2 aliphatic rings. The number of hydrogen-bond acceptors (Lipinski definition) is 6. The van der Waals surface area contributed by atoms with Gasteiger partial charge in [-0.2, -0.15) is 4.37 Å². The minimum absolute atomic E-state index is 0. The molecule has 0 spiro atoms. The van der Waals surface area contributed by atoms with E-state index in [1.54, 1.807) is 0 Å². The van der Waals surface area contributed by atoms with Crippen molar-refractivity contribution >= 4 is 46.6 Å². The molecule has 3 rings (SSSR count). The van der Waals surface area contributed by atoms with Crippen LogP contribution in [-0.2, 0) is 11.2 Å². The lowest BCUT2D eigenvalue weighted by Gasteiger charge is -2.36. The van der Waals surface area contributed by atoms with Gasteiger partial charge in [0.05, 0.1) is 13.2 Å². The third-order valence-electron chi connectivity index (χ3n) is 4.62. The van der Waals surface area contributed by atoms with E-state index >= 15 is 0 Å². The van der Waals surface area contributed by atoms with E-state index < -0.39 is 0 Å². The zero-order valence-corrected chi connectivity index (χ0v) is 18.8. The van der Waals surface area contributed by atoms with Gasteiger partial charge in [0.15, 0.2) is 5.96 Å². The Hall–Kier alpha value is -0.940. The Morgan fingerprint density at radius 3 is 2.77 bits per heavy atom. The van der Waals surface area contributed by atoms with Gasteiger partial charge in [0.2, 0.25) is 5.13 Å². The fraction of sp³-hybridized carbons (Fsp3) is 0.706. The first-order valence-corrected chi connectivity index (χ1v) is 9.86. The second-order valence-electron chi connectivity index (χ2n) is 6.23. The van der Waals surface area contributed by atoms with Crippen molar-refractivity contribution in [1.29, 1.82) is 0 Å². The van der Waals surface area contributed by atoms with Crippen LogP contribution in [0.3, 0.4) is 0 Å². The summed E-state index contributed by atoms with van der Waals surface area (Å²) in [6, 6.07) is 0. The highest BCUT2D eigenvalue weighted by atomic mass is 127. The summed E-state index contributed by atoms with van der Waals surface area (Å²) in [5.74, 6) is 1.95. The van der Waals surface area contributed by atoms with Gasteiger partial charge in [-0.1, -0.05) is 18.6 Å². The highest BCUT2D eigenvalue weighted by Crippen LogP contribution is 2.19. The number of guanidine groups is 1. The Labute approximate surface area is 177 Å². The maximum Gasteiger partial charge on any atom is 0.205 e. The maximum absolute atomic E-state index is 5.36. The summed E-state index contributed by atoms with van der Waals surface area (Å²) in [5.41, 5.74) is 1.49. The number of aryl methyl sites for hydroxylation is 1. The number of piperazine rings is 1. The lowest BCUT2D eigenvalue weighted by molar-refractivity contribution is 0.153. The molecular formula is C17H29IN6OS. The van der Waals surface area contributed by atoms with Gasteiger partial charge in [-0.25, -0.2) is 4.98 Å². The van der Waals surface area contributed by atoms with E-state index in [1.165, 1.54) is 17.1 Å². The minimum atomic E-state index is 0. The number of hydrogen-bond donors (Lipinski definition) is 1. The van der Waals surface area contributed by atoms with Crippen LogP contribution in [0.15, 0.2) is 16.6 Å². The summed E-state index contributed by atoms with van der Waals surface area (Å²) >= 11 is 1.51. The number of nitrogens with zero attached hydrogens (tertiary/aromatic N) is 5. The molecule has 3 heterocycles. The molecule has 0 saturated carbocycles. The summed E-state index contributed by atoms with van der Waals surface area (Å²) in [4.78, 5) is 13.7. The number of ether oxygens (including phenoxy) is 1. The molecule has 0 bridgehead atoms. The van der Waals surface area contributed by atoms with Gasteiger partial charge in [0, 0.05) is 57.7 Å². The van der Waals surface area contributed by atoms with Crippen molar-refractivity contribution in [3.63, 3.8) is 0 Å². The molecule has 9 heteroatoms. The van der Waals surface area contributed by atoms with Gasteiger partial charge < -0.3 is 19.9 Å². The van der Waals surface area contributed by atoms with Gasteiger partial charge in [0.25, 0.3) is 0 Å². The van der Waals surface area contributed by atoms with Crippen molar-refractivity contribution in [2.75, 3.05) is 57.9 Å². The van der Waals surface area contributed by atoms with E-state index in [0.717, 1.165) is 82.1 Å². The summed E-state index contributed by atoms with van der Waals surface area (Å²) in [5, 5.41) is 4.55. The summed E-state index contributed by atoms with van der Waals surface area (Å²) in [6.45, 7) is 8.47. The first kappa shape index (κ1) is 21.4. The third kappa shape index (κ3) is 5.78. The largest absolute Gasteiger partial charge is 0.377 e. The Morgan fingerprint density at radius 2 is 2.15 bits per heavy atom. The van der Waals surface area contributed by atoms with Crippen LogP contribution in [0, 0.1) is 0 Å². The fourth-order valence-electron chi connectivity index (χ4n) is 3.09. The van der Waals surface area contributed by atoms with Crippen molar-refractivity contribution in [2.45, 2.75) is 26.2 Å². The standard InChI is InChI=1S/C17H28N6OS.HI/c1-3-15-20-17(25-21-15)23-10-8-22(9-11-23)16(18-2)19-7-4-14-5-12-24-13-6-14;/h5H,3-4,6-13H2,1-2H3,(H,18,19);1H. The number of halogens is 1. The monoisotopic (exact) mass is 492 g/mol. The van der Waals surface area contributed by atoms with Crippen molar-refractivity contribution < 1.29 is 4.74 Å². The predicted molar refractivity (Wildman–Crippen MR) is 118 cm³/mol. The molecule has 1 N–H and O–H groups in total. The summed E-state index contributed by atoms with van der Waals surface area (Å²) in [6.07, 6.45) is 5.22. The van der Waals surface area contributed by atoms with Crippen LogP contribution in [0.25, 0.3) is 0 Å². The molecule has 0 radical (unpaired) electrons. The van der Waals surface area contributed by atoms with Gasteiger partial charge in [-0.05, 0) is 12.8 Å². The molecule has 1 aromatic heterocycles. The Kier molecular flexibility index (Phi) is 9.06. The van der Waals surface area contributed by atoms with Crippen LogP contribution in [0.1, 0.15) is 25.6 Å². The summed E-state index contributed by atoms with van der Waals surface area (Å²) in [7, 11) is 1.86. The van der Waals surface area contributed by atoms with E-state index in [9.17, 15) is 0 Å². The van der Waals surface area contributed by atoms with Crippen LogP contribution < -0.4 is 10.2 Å². The Balaban J connectivity index is 0.00000243. The van der Waals surface area contributed by atoms with E-state index in [4.69, 9.17) is 4.74 Å². The number of aromatic nitrogens is 2. The van der Waals surface area contributed by atoms with Crippen molar-refractivity contribution in [2.24, 2.45) is 4.99 Å². The first-order valence-electron chi connectivity index (χ1n) is 9.09. The molecule has 26 heavy (non-hydrogen) atoms. The van der Waals surface area contributed by atoms with Gasteiger partial charge in [0.1, 0.15) is 5.82 Å². The highest BCUT2D eigenvalue weighted by molar-refractivity contribution is 14.0. The van der Waals surface area contributed by atoms with Crippen molar-refractivity contribution in [3.8, 4) is 0 Å². The molecule has 7 nitrogen and oxygen atoms in total. The maximum atomic E-state index is 5.36. The second-order valence-corrected chi connectivity index (χ2v) is 6.96. The average molecular weight is 492 g/mol. The molecular weight excluding hydrogens is 463 g/mol. The van der Waals surface area contributed by atoms with Gasteiger partial charge in [-0.15, -0.1) is 24.0 Å². The number of nitrogens with one attached hydrogen (secondary N) is 1. The molecule has 0 unspecified atom stereocenters. The van der Waals surface area contributed by atoms with E-state index in [1.807, 2.05) is 7.05 Å². The van der Waals surface area contributed by atoms with Gasteiger partial charge >= 0.3 is 0 Å².